The van der Waals surface area contributed by atoms with Crippen molar-refractivity contribution in [3.63, 3.8) is 0 Å². The minimum absolute atomic E-state index is 0.104. The monoisotopic (exact) mass is 316 g/mol. The molecule has 23 heavy (non-hydrogen) atoms. The van der Waals surface area contributed by atoms with E-state index in [4.69, 9.17) is 9.47 Å². The Labute approximate surface area is 131 Å². The van der Waals surface area contributed by atoms with Gasteiger partial charge in [0.25, 0.3) is 11.8 Å². The van der Waals surface area contributed by atoms with Gasteiger partial charge in [-0.2, -0.15) is 0 Å². The topological polar surface area (TPSA) is 76.7 Å². The summed E-state index contributed by atoms with van der Waals surface area (Å²) in [6, 6.07) is 9.85. The summed E-state index contributed by atoms with van der Waals surface area (Å²) in [6.45, 7) is 0.872. The van der Waals surface area contributed by atoms with Crippen molar-refractivity contribution >= 4 is 11.8 Å². The molecule has 0 bridgehead atoms. The van der Waals surface area contributed by atoms with Crippen LogP contribution in [-0.2, 0) is 0 Å². The van der Waals surface area contributed by atoms with E-state index >= 15 is 0 Å². The molecule has 1 aliphatic heterocycles. The van der Waals surface area contributed by atoms with Crippen LogP contribution in [-0.4, -0.2) is 25.0 Å². The number of halogens is 1. The molecule has 0 radical (unpaired) electrons. The minimum atomic E-state index is -0.615. The maximum atomic E-state index is 13.1. The van der Waals surface area contributed by atoms with Gasteiger partial charge in [0.2, 0.25) is 0 Å². The van der Waals surface area contributed by atoms with Gasteiger partial charge in [-0.1, -0.05) is 6.07 Å². The average Bonchev–Trinajstić information content (AvgIpc) is 2.59. The Balaban J connectivity index is 1.64. The van der Waals surface area contributed by atoms with Gasteiger partial charge in [0.05, 0.1) is 0 Å². The molecule has 0 saturated carbocycles. The molecule has 1 aliphatic rings. The van der Waals surface area contributed by atoms with E-state index in [1.165, 1.54) is 24.3 Å². The lowest BCUT2D eigenvalue weighted by molar-refractivity contribution is 0.0846. The standard InChI is InChI=1S/C16H13FN2O4/c17-12-3-1-2-10(8-12)15(20)18-19-16(21)11-4-5-13-14(9-11)23-7-6-22-13/h1-5,8-9H,6-7H2,(H,18,20)(H,19,21). The summed E-state index contributed by atoms with van der Waals surface area (Å²) in [6.07, 6.45) is 0. The highest BCUT2D eigenvalue weighted by molar-refractivity contribution is 5.99. The van der Waals surface area contributed by atoms with Gasteiger partial charge in [-0.25, -0.2) is 4.39 Å². The second kappa shape index (κ2) is 6.35. The van der Waals surface area contributed by atoms with Crippen LogP contribution in [0.2, 0.25) is 0 Å². The van der Waals surface area contributed by atoms with Crippen LogP contribution < -0.4 is 20.3 Å². The maximum absolute atomic E-state index is 13.1. The van der Waals surface area contributed by atoms with Crippen LogP contribution in [0.15, 0.2) is 42.5 Å². The maximum Gasteiger partial charge on any atom is 0.269 e. The molecule has 0 aromatic heterocycles. The third-order valence-corrected chi connectivity index (χ3v) is 3.18. The Hall–Kier alpha value is -3.09. The van der Waals surface area contributed by atoms with Crippen molar-refractivity contribution in [1.29, 1.82) is 0 Å². The summed E-state index contributed by atoms with van der Waals surface area (Å²) in [5, 5.41) is 0. The summed E-state index contributed by atoms with van der Waals surface area (Å²) in [7, 11) is 0. The number of fused-ring (bicyclic) bond motifs is 1. The Bertz CT molecular complexity index is 763. The molecule has 0 spiro atoms. The molecule has 0 fully saturated rings. The van der Waals surface area contributed by atoms with Crippen molar-refractivity contribution in [1.82, 2.24) is 10.9 Å². The number of carbonyl (C=O) groups is 2. The third kappa shape index (κ3) is 3.39. The summed E-state index contributed by atoms with van der Waals surface area (Å²) in [4.78, 5) is 23.9. The summed E-state index contributed by atoms with van der Waals surface area (Å²) in [5.74, 6) is -0.630. The zero-order chi connectivity index (χ0) is 16.2. The van der Waals surface area contributed by atoms with E-state index in [2.05, 4.69) is 10.9 Å². The van der Waals surface area contributed by atoms with E-state index in [-0.39, 0.29) is 5.56 Å². The highest BCUT2D eigenvalue weighted by Crippen LogP contribution is 2.30. The van der Waals surface area contributed by atoms with Crippen molar-refractivity contribution in [2.45, 2.75) is 0 Å². The molecule has 0 atom stereocenters. The molecule has 2 amide bonds. The van der Waals surface area contributed by atoms with Crippen LogP contribution in [0.4, 0.5) is 4.39 Å². The zero-order valence-corrected chi connectivity index (χ0v) is 12.0. The molecular formula is C16H13FN2O4. The number of hydrogen-bond acceptors (Lipinski definition) is 4. The van der Waals surface area contributed by atoms with E-state index in [1.807, 2.05) is 0 Å². The fraction of sp³-hybridized carbons (Fsp3) is 0.125. The van der Waals surface area contributed by atoms with Gasteiger partial charge in [-0.05, 0) is 36.4 Å². The highest BCUT2D eigenvalue weighted by atomic mass is 19.1. The Morgan fingerprint density at radius 3 is 2.22 bits per heavy atom. The van der Waals surface area contributed by atoms with E-state index < -0.39 is 17.6 Å². The Morgan fingerprint density at radius 1 is 0.870 bits per heavy atom. The van der Waals surface area contributed by atoms with Crippen LogP contribution in [0.5, 0.6) is 11.5 Å². The van der Waals surface area contributed by atoms with Gasteiger partial charge >= 0.3 is 0 Å². The number of amides is 2. The van der Waals surface area contributed by atoms with E-state index in [1.54, 1.807) is 12.1 Å². The largest absolute Gasteiger partial charge is 0.486 e. The summed E-state index contributed by atoms with van der Waals surface area (Å²) < 4.78 is 23.8. The highest BCUT2D eigenvalue weighted by Gasteiger charge is 2.15. The zero-order valence-electron chi connectivity index (χ0n) is 12.0. The number of hydrazine groups is 1. The molecular weight excluding hydrogens is 303 g/mol. The smallest absolute Gasteiger partial charge is 0.269 e. The lowest BCUT2D eigenvalue weighted by Gasteiger charge is -2.18. The van der Waals surface area contributed by atoms with E-state index in [0.717, 1.165) is 6.07 Å². The molecule has 2 aromatic rings. The van der Waals surface area contributed by atoms with Crippen LogP contribution >= 0.6 is 0 Å². The number of hydrogen-bond donors (Lipinski definition) is 2. The van der Waals surface area contributed by atoms with Crippen molar-refractivity contribution in [3.8, 4) is 11.5 Å². The van der Waals surface area contributed by atoms with Gasteiger partial charge in [0.15, 0.2) is 11.5 Å². The van der Waals surface area contributed by atoms with Crippen molar-refractivity contribution in [2.75, 3.05) is 13.2 Å². The number of nitrogens with one attached hydrogen (secondary N) is 2. The molecule has 0 aliphatic carbocycles. The molecule has 118 valence electrons. The van der Waals surface area contributed by atoms with Gasteiger partial charge in [-0.15, -0.1) is 0 Å². The van der Waals surface area contributed by atoms with Gasteiger partial charge in [0, 0.05) is 11.1 Å². The lowest BCUT2D eigenvalue weighted by atomic mass is 10.2. The predicted octanol–water partition coefficient (Wildman–Crippen LogP) is 1.67. The SMILES string of the molecule is O=C(NNC(=O)c1ccc2c(c1)OCCO2)c1cccc(F)c1. The third-order valence-electron chi connectivity index (χ3n) is 3.18. The lowest BCUT2D eigenvalue weighted by Crippen LogP contribution is -2.41. The van der Waals surface area contributed by atoms with Crippen LogP contribution in [0, 0.1) is 5.82 Å². The average molecular weight is 316 g/mol. The number of carbonyl (C=O) groups excluding carboxylic acids is 2. The molecule has 7 heteroatoms. The number of ether oxygens (including phenoxy) is 2. The molecule has 0 saturated heterocycles. The van der Waals surface area contributed by atoms with Crippen LogP contribution in [0.1, 0.15) is 20.7 Å². The van der Waals surface area contributed by atoms with Crippen molar-refractivity contribution in [2.24, 2.45) is 0 Å². The molecule has 2 aromatic carbocycles. The minimum Gasteiger partial charge on any atom is -0.486 e. The number of benzene rings is 2. The molecule has 6 nitrogen and oxygen atoms in total. The first-order chi connectivity index (χ1) is 11.1. The summed E-state index contributed by atoms with van der Waals surface area (Å²) >= 11 is 0. The second-order valence-electron chi connectivity index (χ2n) is 4.78. The predicted molar refractivity (Wildman–Crippen MR) is 78.8 cm³/mol. The van der Waals surface area contributed by atoms with Gasteiger partial charge in [-0.3, -0.25) is 20.4 Å². The first-order valence-corrected chi connectivity index (χ1v) is 6.89. The second-order valence-corrected chi connectivity index (χ2v) is 4.78. The molecule has 3 rings (SSSR count). The summed E-state index contributed by atoms with van der Waals surface area (Å²) in [5.41, 5.74) is 4.90. The fourth-order valence-corrected chi connectivity index (χ4v) is 2.07. The van der Waals surface area contributed by atoms with Crippen LogP contribution in [0.25, 0.3) is 0 Å². The van der Waals surface area contributed by atoms with Crippen molar-refractivity contribution < 1.29 is 23.5 Å². The van der Waals surface area contributed by atoms with Gasteiger partial charge < -0.3 is 9.47 Å². The first kappa shape index (κ1) is 14.8. The van der Waals surface area contributed by atoms with E-state index in [0.29, 0.717) is 30.3 Å². The van der Waals surface area contributed by atoms with Gasteiger partial charge in [0.1, 0.15) is 19.0 Å². The van der Waals surface area contributed by atoms with E-state index in [9.17, 15) is 14.0 Å². The Kier molecular flexibility index (Phi) is 4.09. The quantitative estimate of drug-likeness (QED) is 0.826. The fourth-order valence-electron chi connectivity index (χ4n) is 2.07. The molecule has 0 unspecified atom stereocenters. The van der Waals surface area contributed by atoms with Crippen LogP contribution in [0.3, 0.4) is 0 Å². The normalized spacial score (nSPS) is 12.4. The number of rotatable bonds is 2. The Morgan fingerprint density at radius 2 is 1.52 bits per heavy atom. The molecule has 2 N–H and O–H groups in total. The first-order valence-electron chi connectivity index (χ1n) is 6.89. The van der Waals surface area contributed by atoms with Crippen molar-refractivity contribution in [3.05, 3.63) is 59.4 Å². The molecule has 1 heterocycles.